The Labute approximate surface area is 87.2 Å². The van der Waals surface area contributed by atoms with Crippen LogP contribution in [0.5, 0.6) is 5.75 Å². The van der Waals surface area contributed by atoms with E-state index in [-0.39, 0.29) is 16.5 Å². The third kappa shape index (κ3) is 1.78. The third-order valence-electron chi connectivity index (χ3n) is 2.65. The number of hydrogen-bond acceptors (Lipinski definition) is 4. The summed E-state index contributed by atoms with van der Waals surface area (Å²) in [7, 11) is 1.56. The van der Waals surface area contributed by atoms with Crippen molar-refractivity contribution in [3.63, 3.8) is 0 Å². The smallest absolute Gasteiger partial charge is 0.273 e. The van der Waals surface area contributed by atoms with Crippen LogP contribution < -0.4 is 10.1 Å². The zero-order valence-corrected chi connectivity index (χ0v) is 8.40. The maximum atomic E-state index is 10.8. The number of ether oxygens (including phenoxy) is 1. The number of hydrogen-bond donors (Lipinski definition) is 1. The van der Waals surface area contributed by atoms with Gasteiger partial charge in [-0.2, -0.15) is 0 Å². The van der Waals surface area contributed by atoms with Gasteiger partial charge in [-0.25, -0.2) is 0 Å². The van der Waals surface area contributed by atoms with Gasteiger partial charge in [0.05, 0.1) is 12.0 Å². The molecule has 0 aromatic heterocycles. The highest BCUT2D eigenvalue weighted by Crippen LogP contribution is 2.32. The maximum absolute atomic E-state index is 10.8. The van der Waals surface area contributed by atoms with Crippen LogP contribution in [0.4, 0.5) is 5.69 Å². The average Bonchev–Trinajstić information content (AvgIpc) is 2.14. The molecule has 0 saturated carbocycles. The van der Waals surface area contributed by atoms with Crippen LogP contribution >= 0.6 is 0 Å². The van der Waals surface area contributed by atoms with E-state index in [1.165, 1.54) is 6.07 Å². The van der Waals surface area contributed by atoms with Gasteiger partial charge in [0.1, 0.15) is 5.75 Å². The van der Waals surface area contributed by atoms with Crippen LogP contribution in [0.25, 0.3) is 0 Å². The summed E-state index contributed by atoms with van der Waals surface area (Å²) in [6, 6.07) is 4.88. The first-order valence-electron chi connectivity index (χ1n) is 4.75. The average molecular weight is 208 g/mol. The Morgan fingerprint density at radius 3 is 2.73 bits per heavy atom. The normalized spacial score (nSPS) is 15.8. The van der Waals surface area contributed by atoms with Gasteiger partial charge in [0.25, 0.3) is 5.69 Å². The molecule has 5 heteroatoms. The zero-order valence-electron chi connectivity index (χ0n) is 8.40. The maximum Gasteiger partial charge on any atom is 0.273 e. The van der Waals surface area contributed by atoms with E-state index < -0.39 is 0 Å². The molecule has 0 bridgehead atoms. The monoisotopic (exact) mass is 208 g/mol. The largest absolute Gasteiger partial charge is 0.497 e. The molecule has 1 fully saturated rings. The van der Waals surface area contributed by atoms with Gasteiger partial charge in [-0.05, 0) is 12.1 Å². The molecular formula is C10H12N2O3. The second-order valence-electron chi connectivity index (χ2n) is 3.54. The van der Waals surface area contributed by atoms with E-state index in [9.17, 15) is 10.1 Å². The van der Waals surface area contributed by atoms with Crippen molar-refractivity contribution in [2.45, 2.75) is 5.92 Å². The topological polar surface area (TPSA) is 64.4 Å². The summed E-state index contributed by atoms with van der Waals surface area (Å²) in [5, 5.41) is 13.9. The number of nitrogens with zero attached hydrogens (tertiary/aromatic N) is 1. The van der Waals surface area contributed by atoms with Crippen LogP contribution in [0.3, 0.4) is 0 Å². The molecule has 1 aromatic carbocycles. The van der Waals surface area contributed by atoms with Crippen LogP contribution in [0.2, 0.25) is 0 Å². The van der Waals surface area contributed by atoms with E-state index in [1.54, 1.807) is 19.2 Å². The molecule has 1 aliphatic rings. The van der Waals surface area contributed by atoms with Crippen molar-refractivity contribution in [3.05, 3.63) is 33.9 Å². The molecule has 0 unspecified atom stereocenters. The second-order valence-corrected chi connectivity index (χ2v) is 3.54. The van der Waals surface area contributed by atoms with E-state index in [4.69, 9.17) is 4.74 Å². The summed E-state index contributed by atoms with van der Waals surface area (Å²) in [6.45, 7) is 1.60. The van der Waals surface area contributed by atoms with Crippen molar-refractivity contribution in [1.29, 1.82) is 0 Å². The fourth-order valence-corrected chi connectivity index (χ4v) is 1.66. The van der Waals surface area contributed by atoms with E-state index in [0.717, 1.165) is 18.7 Å². The molecule has 1 heterocycles. The third-order valence-corrected chi connectivity index (χ3v) is 2.65. The van der Waals surface area contributed by atoms with E-state index >= 15 is 0 Å². The Morgan fingerprint density at radius 1 is 1.53 bits per heavy atom. The summed E-state index contributed by atoms with van der Waals surface area (Å²) in [5.74, 6) is 0.906. The molecule has 15 heavy (non-hydrogen) atoms. The van der Waals surface area contributed by atoms with Crippen molar-refractivity contribution in [2.24, 2.45) is 0 Å². The number of nitrogens with one attached hydrogen (secondary N) is 1. The van der Waals surface area contributed by atoms with Gasteiger partial charge in [0.2, 0.25) is 0 Å². The van der Waals surface area contributed by atoms with Crippen LogP contribution in [-0.2, 0) is 0 Å². The lowest BCUT2D eigenvalue weighted by atomic mass is 9.92. The number of rotatable bonds is 3. The summed E-state index contributed by atoms with van der Waals surface area (Å²) < 4.78 is 5.07. The lowest BCUT2D eigenvalue weighted by molar-refractivity contribution is -0.385. The number of nitro benzene ring substituents is 1. The number of nitro groups is 1. The first kappa shape index (κ1) is 9.92. The van der Waals surface area contributed by atoms with Crippen molar-refractivity contribution in [1.82, 2.24) is 5.32 Å². The molecule has 1 aromatic rings. The lowest BCUT2D eigenvalue weighted by Crippen LogP contribution is -2.40. The SMILES string of the molecule is COc1ccc([N+](=O)[O-])c(C2CNC2)c1. The fourth-order valence-electron chi connectivity index (χ4n) is 1.66. The Morgan fingerprint density at radius 2 is 2.27 bits per heavy atom. The molecule has 0 radical (unpaired) electrons. The van der Waals surface area contributed by atoms with Gasteiger partial charge in [-0.1, -0.05) is 0 Å². The van der Waals surface area contributed by atoms with Gasteiger partial charge in [-0.15, -0.1) is 0 Å². The molecule has 5 nitrogen and oxygen atoms in total. The lowest BCUT2D eigenvalue weighted by Gasteiger charge is -2.27. The molecule has 1 N–H and O–H groups in total. The summed E-state index contributed by atoms with van der Waals surface area (Å²) in [6.07, 6.45) is 0. The van der Waals surface area contributed by atoms with Gasteiger partial charge in [-0.3, -0.25) is 10.1 Å². The first-order chi connectivity index (χ1) is 7.22. The molecule has 0 atom stereocenters. The second kappa shape index (κ2) is 3.86. The first-order valence-corrected chi connectivity index (χ1v) is 4.75. The van der Waals surface area contributed by atoms with Gasteiger partial charge >= 0.3 is 0 Å². The summed E-state index contributed by atoms with van der Waals surface area (Å²) in [5.41, 5.74) is 0.945. The standard InChI is InChI=1S/C10H12N2O3/c1-15-8-2-3-10(12(13)14)9(4-8)7-5-11-6-7/h2-4,7,11H,5-6H2,1H3. The predicted octanol–water partition coefficient (Wildman–Crippen LogP) is 1.29. The van der Waals surface area contributed by atoms with Crippen LogP contribution in [0.15, 0.2) is 18.2 Å². The fraction of sp³-hybridized carbons (Fsp3) is 0.400. The van der Waals surface area contributed by atoms with Gasteiger partial charge in [0, 0.05) is 30.6 Å². The number of benzene rings is 1. The molecular weight excluding hydrogens is 196 g/mol. The van der Waals surface area contributed by atoms with Crippen molar-refractivity contribution < 1.29 is 9.66 Å². The summed E-state index contributed by atoms with van der Waals surface area (Å²) in [4.78, 5) is 10.5. The molecule has 0 aliphatic carbocycles. The van der Waals surface area contributed by atoms with E-state index in [0.29, 0.717) is 5.75 Å². The highest BCUT2D eigenvalue weighted by atomic mass is 16.6. The molecule has 80 valence electrons. The predicted molar refractivity (Wildman–Crippen MR) is 55.3 cm³/mol. The molecule has 0 spiro atoms. The van der Waals surface area contributed by atoms with Crippen LogP contribution in [0, 0.1) is 10.1 Å². The van der Waals surface area contributed by atoms with Crippen molar-refractivity contribution in [3.8, 4) is 5.75 Å². The van der Waals surface area contributed by atoms with Gasteiger partial charge in [0.15, 0.2) is 0 Å². The molecule has 0 amide bonds. The quantitative estimate of drug-likeness (QED) is 0.600. The van der Waals surface area contributed by atoms with Crippen molar-refractivity contribution >= 4 is 5.69 Å². The zero-order chi connectivity index (χ0) is 10.8. The van der Waals surface area contributed by atoms with Crippen LogP contribution in [-0.4, -0.2) is 25.1 Å². The Balaban J connectivity index is 2.40. The Bertz CT molecular complexity index is 388. The van der Waals surface area contributed by atoms with Crippen LogP contribution in [0.1, 0.15) is 11.5 Å². The van der Waals surface area contributed by atoms with E-state index in [2.05, 4.69) is 5.32 Å². The minimum Gasteiger partial charge on any atom is -0.497 e. The highest BCUT2D eigenvalue weighted by molar-refractivity contribution is 5.48. The minimum absolute atomic E-state index is 0.183. The Kier molecular flexibility index (Phi) is 2.55. The molecule has 1 aliphatic heterocycles. The minimum atomic E-state index is -0.340. The van der Waals surface area contributed by atoms with Gasteiger partial charge < -0.3 is 10.1 Å². The molecule has 2 rings (SSSR count). The number of methoxy groups -OCH3 is 1. The highest BCUT2D eigenvalue weighted by Gasteiger charge is 2.27. The van der Waals surface area contributed by atoms with E-state index in [1.807, 2.05) is 0 Å². The van der Waals surface area contributed by atoms with Crippen molar-refractivity contribution in [2.75, 3.05) is 20.2 Å². The molecule has 1 saturated heterocycles. The Hall–Kier alpha value is -1.62. The summed E-state index contributed by atoms with van der Waals surface area (Å²) >= 11 is 0.